The minimum Gasteiger partial charge on any atom is -0.346 e. The second-order valence-corrected chi connectivity index (χ2v) is 5.23. The van der Waals surface area contributed by atoms with Gasteiger partial charge in [0.2, 0.25) is 6.41 Å². The molecular formula is C18H21NO. The van der Waals surface area contributed by atoms with Crippen LogP contribution in [0, 0.1) is 0 Å². The van der Waals surface area contributed by atoms with Gasteiger partial charge in [-0.1, -0.05) is 60.7 Å². The van der Waals surface area contributed by atoms with Gasteiger partial charge in [0, 0.05) is 19.0 Å². The van der Waals surface area contributed by atoms with Crippen LogP contribution >= 0.6 is 0 Å². The van der Waals surface area contributed by atoms with Crippen molar-refractivity contribution < 1.29 is 4.79 Å². The van der Waals surface area contributed by atoms with E-state index in [4.69, 9.17) is 0 Å². The van der Waals surface area contributed by atoms with Gasteiger partial charge in [-0.2, -0.15) is 0 Å². The van der Waals surface area contributed by atoms with Gasteiger partial charge in [0.15, 0.2) is 0 Å². The zero-order valence-electron chi connectivity index (χ0n) is 12.1. The van der Waals surface area contributed by atoms with E-state index in [9.17, 15) is 4.79 Å². The summed E-state index contributed by atoms with van der Waals surface area (Å²) in [6.45, 7) is 2.09. The molecule has 1 amide bonds. The Morgan fingerprint density at radius 1 is 0.950 bits per heavy atom. The molecule has 0 spiro atoms. The van der Waals surface area contributed by atoms with Crippen molar-refractivity contribution >= 4 is 6.41 Å². The smallest absolute Gasteiger partial charge is 0.209 e. The van der Waals surface area contributed by atoms with Crippen molar-refractivity contribution in [2.45, 2.75) is 25.3 Å². The molecule has 104 valence electrons. The number of rotatable bonds is 6. The molecule has 0 aliphatic rings. The van der Waals surface area contributed by atoms with E-state index in [0.29, 0.717) is 5.92 Å². The highest BCUT2D eigenvalue weighted by Crippen LogP contribution is 2.29. The highest BCUT2D eigenvalue weighted by Gasteiger charge is 2.19. The van der Waals surface area contributed by atoms with Gasteiger partial charge in [-0.25, -0.2) is 0 Å². The molecule has 1 unspecified atom stereocenters. The maximum Gasteiger partial charge on any atom is 0.209 e. The van der Waals surface area contributed by atoms with Crippen LogP contribution in [-0.4, -0.2) is 24.4 Å². The van der Waals surface area contributed by atoms with E-state index in [1.54, 1.807) is 4.90 Å². The van der Waals surface area contributed by atoms with E-state index in [1.807, 2.05) is 19.2 Å². The normalized spacial score (nSPS) is 12.2. The van der Waals surface area contributed by atoms with E-state index in [-0.39, 0.29) is 6.04 Å². The van der Waals surface area contributed by atoms with Gasteiger partial charge >= 0.3 is 0 Å². The summed E-state index contributed by atoms with van der Waals surface area (Å²) < 4.78 is 0. The first-order chi connectivity index (χ1) is 9.72. The molecule has 0 radical (unpaired) electrons. The fourth-order valence-corrected chi connectivity index (χ4v) is 2.45. The second kappa shape index (κ2) is 6.90. The molecule has 2 aromatic carbocycles. The predicted molar refractivity (Wildman–Crippen MR) is 82.6 cm³/mol. The van der Waals surface area contributed by atoms with E-state index < -0.39 is 0 Å². The molecule has 2 nitrogen and oxygen atoms in total. The summed E-state index contributed by atoms with van der Waals surface area (Å²) in [7, 11) is 1.84. The van der Waals surface area contributed by atoms with Crippen LogP contribution in [0.25, 0.3) is 0 Å². The molecule has 2 heteroatoms. The Morgan fingerprint density at radius 3 is 1.80 bits per heavy atom. The van der Waals surface area contributed by atoms with Gasteiger partial charge in [-0.15, -0.1) is 0 Å². The molecule has 2 rings (SSSR count). The maximum absolute atomic E-state index is 10.9. The number of carbonyl (C=O) groups excluding carboxylic acids is 1. The Bertz CT molecular complexity index is 484. The lowest BCUT2D eigenvalue weighted by Gasteiger charge is -2.26. The number of hydrogen-bond donors (Lipinski definition) is 0. The van der Waals surface area contributed by atoms with E-state index >= 15 is 0 Å². The third kappa shape index (κ3) is 3.47. The van der Waals surface area contributed by atoms with Gasteiger partial charge in [-0.3, -0.25) is 4.79 Å². The molecule has 0 N–H and O–H groups in total. The van der Waals surface area contributed by atoms with Crippen LogP contribution in [0.15, 0.2) is 60.7 Å². The van der Waals surface area contributed by atoms with Gasteiger partial charge in [-0.05, 0) is 24.5 Å². The molecule has 20 heavy (non-hydrogen) atoms. The molecule has 0 bridgehead atoms. The van der Waals surface area contributed by atoms with Crippen molar-refractivity contribution in [3.05, 3.63) is 71.8 Å². The van der Waals surface area contributed by atoms with Crippen molar-refractivity contribution in [1.29, 1.82) is 0 Å². The van der Waals surface area contributed by atoms with E-state index in [0.717, 1.165) is 12.8 Å². The van der Waals surface area contributed by atoms with Crippen molar-refractivity contribution in [2.75, 3.05) is 7.05 Å². The number of carbonyl (C=O) groups is 1. The first kappa shape index (κ1) is 14.3. The summed E-state index contributed by atoms with van der Waals surface area (Å²) in [4.78, 5) is 12.7. The predicted octanol–water partition coefficient (Wildman–Crippen LogP) is 3.69. The zero-order valence-corrected chi connectivity index (χ0v) is 12.1. The van der Waals surface area contributed by atoms with Crippen LogP contribution < -0.4 is 0 Å². The molecule has 0 fully saturated rings. The van der Waals surface area contributed by atoms with Crippen molar-refractivity contribution in [2.24, 2.45) is 0 Å². The average molecular weight is 267 g/mol. The van der Waals surface area contributed by atoms with Crippen LogP contribution in [-0.2, 0) is 4.79 Å². The summed E-state index contributed by atoms with van der Waals surface area (Å²) in [6, 6.07) is 21.2. The van der Waals surface area contributed by atoms with Gasteiger partial charge in [0.25, 0.3) is 0 Å². The Morgan fingerprint density at radius 2 is 1.40 bits per heavy atom. The minimum atomic E-state index is 0.206. The Hall–Kier alpha value is -2.09. The Labute approximate surface area is 121 Å². The van der Waals surface area contributed by atoms with Crippen LogP contribution in [0.4, 0.5) is 0 Å². The number of hydrogen-bond acceptors (Lipinski definition) is 1. The maximum atomic E-state index is 10.9. The fourth-order valence-electron chi connectivity index (χ4n) is 2.45. The third-order valence-corrected chi connectivity index (χ3v) is 3.84. The lowest BCUT2D eigenvalue weighted by Crippen LogP contribution is -2.29. The molecular weight excluding hydrogens is 246 g/mol. The Kier molecular flexibility index (Phi) is 4.94. The topological polar surface area (TPSA) is 20.3 Å². The van der Waals surface area contributed by atoms with Gasteiger partial charge in [0.05, 0.1) is 0 Å². The van der Waals surface area contributed by atoms with Crippen LogP contribution in [0.2, 0.25) is 0 Å². The summed E-state index contributed by atoms with van der Waals surface area (Å²) in [6.07, 6.45) is 1.82. The van der Waals surface area contributed by atoms with Crippen molar-refractivity contribution in [3.8, 4) is 0 Å². The van der Waals surface area contributed by atoms with Crippen LogP contribution in [0.5, 0.6) is 0 Å². The summed E-state index contributed by atoms with van der Waals surface area (Å²) in [5.41, 5.74) is 2.59. The minimum absolute atomic E-state index is 0.206. The number of amides is 1. The van der Waals surface area contributed by atoms with E-state index in [1.165, 1.54) is 11.1 Å². The molecule has 0 saturated carbocycles. The number of nitrogens with zero attached hydrogens (tertiary/aromatic N) is 1. The summed E-state index contributed by atoms with van der Waals surface area (Å²) in [5, 5.41) is 0. The van der Waals surface area contributed by atoms with E-state index in [2.05, 4.69) is 55.5 Å². The molecule has 0 aromatic heterocycles. The summed E-state index contributed by atoms with van der Waals surface area (Å²) in [5.74, 6) is 0.315. The zero-order chi connectivity index (χ0) is 14.4. The van der Waals surface area contributed by atoms with Crippen molar-refractivity contribution in [3.63, 3.8) is 0 Å². The SMILES string of the molecule is CC(CC(c1ccccc1)c1ccccc1)N(C)C=O. The van der Waals surface area contributed by atoms with Crippen LogP contribution in [0.1, 0.15) is 30.4 Å². The first-order valence-electron chi connectivity index (χ1n) is 6.99. The quantitative estimate of drug-likeness (QED) is 0.731. The van der Waals surface area contributed by atoms with Crippen LogP contribution in [0.3, 0.4) is 0 Å². The van der Waals surface area contributed by atoms with Crippen molar-refractivity contribution in [1.82, 2.24) is 4.90 Å². The first-order valence-corrected chi connectivity index (χ1v) is 6.99. The van der Waals surface area contributed by atoms with Gasteiger partial charge < -0.3 is 4.90 Å². The molecule has 0 aliphatic carbocycles. The molecule has 1 atom stereocenters. The monoisotopic (exact) mass is 267 g/mol. The fraction of sp³-hybridized carbons (Fsp3) is 0.278. The largest absolute Gasteiger partial charge is 0.346 e. The lowest BCUT2D eigenvalue weighted by molar-refractivity contribution is -0.118. The molecule has 0 saturated heterocycles. The molecule has 0 aliphatic heterocycles. The standard InChI is InChI=1S/C18H21NO/c1-15(19(2)14-20)13-18(16-9-5-3-6-10-16)17-11-7-4-8-12-17/h3-12,14-15,18H,13H2,1-2H3. The lowest BCUT2D eigenvalue weighted by atomic mass is 9.86. The summed E-state index contributed by atoms with van der Waals surface area (Å²) >= 11 is 0. The number of benzene rings is 2. The highest BCUT2D eigenvalue weighted by molar-refractivity contribution is 5.47. The van der Waals surface area contributed by atoms with Gasteiger partial charge in [0.1, 0.15) is 0 Å². The Balaban J connectivity index is 2.28. The highest BCUT2D eigenvalue weighted by atomic mass is 16.1. The molecule has 0 heterocycles. The second-order valence-electron chi connectivity index (χ2n) is 5.23. The average Bonchev–Trinajstić information content (AvgIpc) is 2.53. The third-order valence-electron chi connectivity index (χ3n) is 3.84. The molecule has 2 aromatic rings.